The Morgan fingerprint density at radius 2 is 1.23 bits per heavy atom. The molecular weight excluding hydrogens is 451 g/mol. The highest BCUT2D eigenvalue weighted by molar-refractivity contribution is 7.97. The number of rotatable bonds is 5. The Hall–Kier alpha value is -2.26. The highest BCUT2D eigenvalue weighted by Gasteiger charge is 2.63. The van der Waals surface area contributed by atoms with Gasteiger partial charge in [0.05, 0.1) is 10.9 Å². The second kappa shape index (κ2) is 8.69. The van der Waals surface area contributed by atoms with E-state index in [0.717, 1.165) is 16.7 Å². The molecule has 182 valence electrons. The molecule has 3 heteroatoms. The highest BCUT2D eigenvalue weighted by atomic mass is 32.2. The van der Waals surface area contributed by atoms with Gasteiger partial charge in [0, 0.05) is 11.5 Å². The highest BCUT2D eigenvalue weighted by Crippen LogP contribution is 2.64. The molecule has 4 bridgehead atoms. The predicted octanol–water partition coefficient (Wildman–Crippen LogP) is 8.54. The van der Waals surface area contributed by atoms with Crippen LogP contribution in [0.5, 0.6) is 5.75 Å². The van der Waals surface area contributed by atoms with Crippen LogP contribution in [0.2, 0.25) is 0 Å². The second-order valence-electron chi connectivity index (χ2n) is 12.0. The van der Waals surface area contributed by atoms with E-state index in [2.05, 4.69) is 81.4 Å². The maximum atomic E-state index is 15.5. The first kappa shape index (κ1) is 23.2. The van der Waals surface area contributed by atoms with Crippen molar-refractivity contribution in [2.24, 2.45) is 29.1 Å². The molecule has 3 aromatic carbocycles. The Labute approximate surface area is 212 Å². The van der Waals surface area contributed by atoms with Crippen LogP contribution in [0.15, 0.2) is 93.5 Å². The molecule has 0 unspecified atom stereocenters. The second-order valence-corrected chi connectivity index (χ2v) is 14.0. The topological polar surface area (TPSA) is 9.23 Å². The predicted molar refractivity (Wildman–Crippen MR) is 141 cm³/mol. The maximum Gasteiger partial charge on any atom is 0.170 e. The van der Waals surface area contributed by atoms with Crippen LogP contribution in [0.4, 0.5) is 4.39 Å². The molecule has 3 aromatic rings. The largest absolute Gasteiger partial charge is 0.483 e. The summed E-state index contributed by atoms with van der Waals surface area (Å²) in [6, 6.07) is 26.7. The lowest BCUT2D eigenvalue weighted by atomic mass is 9.45. The van der Waals surface area contributed by atoms with Crippen molar-refractivity contribution < 1.29 is 9.13 Å². The molecule has 7 rings (SSSR count). The van der Waals surface area contributed by atoms with Gasteiger partial charge in [-0.3, -0.25) is 0 Å². The van der Waals surface area contributed by atoms with Crippen molar-refractivity contribution in [3.63, 3.8) is 0 Å². The van der Waals surface area contributed by atoms with Gasteiger partial charge in [-0.25, -0.2) is 4.39 Å². The summed E-state index contributed by atoms with van der Waals surface area (Å²) in [7, 11) is -0.325. The average molecular weight is 488 g/mol. The summed E-state index contributed by atoms with van der Waals surface area (Å²) < 4.78 is 22.6. The fraction of sp³-hybridized carbons (Fsp3) is 0.438. The molecule has 0 saturated heterocycles. The lowest BCUT2D eigenvalue weighted by Gasteiger charge is -2.64. The van der Waals surface area contributed by atoms with Crippen LogP contribution in [0.3, 0.4) is 0 Å². The number of hydrogen-bond donors (Lipinski definition) is 0. The first-order valence-electron chi connectivity index (χ1n) is 13.2. The molecule has 0 aliphatic heterocycles. The van der Waals surface area contributed by atoms with E-state index in [9.17, 15) is 0 Å². The number of benzene rings is 3. The summed E-state index contributed by atoms with van der Waals surface area (Å²) in [6.45, 7) is 6.94. The molecule has 0 N–H and O–H groups in total. The standard InChI is InChI=1S/C32H36FOS/c1-31(2,3)32(24-17-22-16-23(19-24)20-25(32)18-22)34-30-21-28(14-15-29(30)33)35(26-10-6-4-7-11-26)27-12-8-5-9-13-27/h4-15,21-25H,16-20H2,1-3H3/q+1. The van der Waals surface area contributed by atoms with Crippen LogP contribution >= 0.6 is 0 Å². The summed E-state index contributed by atoms with van der Waals surface area (Å²) in [6.07, 6.45) is 6.36. The summed E-state index contributed by atoms with van der Waals surface area (Å²) in [4.78, 5) is 3.57. The van der Waals surface area contributed by atoms with Crippen molar-refractivity contribution in [2.75, 3.05) is 0 Å². The van der Waals surface area contributed by atoms with Gasteiger partial charge in [-0.1, -0.05) is 57.2 Å². The molecule has 4 fully saturated rings. The molecular formula is C32H36FOS+. The van der Waals surface area contributed by atoms with E-state index < -0.39 is 0 Å². The third-order valence-corrected chi connectivity index (χ3v) is 11.1. The van der Waals surface area contributed by atoms with Gasteiger partial charge in [0.25, 0.3) is 0 Å². The van der Waals surface area contributed by atoms with Crippen molar-refractivity contribution >= 4 is 10.9 Å². The summed E-state index contributed by atoms with van der Waals surface area (Å²) >= 11 is 0. The Kier molecular flexibility index (Phi) is 5.75. The SMILES string of the molecule is CC(C)(C)C1(Oc2cc([S+](c3ccccc3)c3ccccc3)ccc2F)C2CC3CC(C2)CC1C3. The molecule has 0 aromatic heterocycles. The number of ether oxygens (including phenoxy) is 1. The first-order valence-corrected chi connectivity index (χ1v) is 14.4. The Balaban J connectivity index is 1.43. The van der Waals surface area contributed by atoms with E-state index >= 15 is 4.39 Å². The van der Waals surface area contributed by atoms with E-state index in [1.54, 1.807) is 6.07 Å². The summed E-state index contributed by atoms with van der Waals surface area (Å²) in [5.41, 5.74) is -0.364. The molecule has 1 nitrogen and oxygen atoms in total. The molecule has 0 heterocycles. The van der Waals surface area contributed by atoms with Crippen molar-refractivity contribution in [1.29, 1.82) is 0 Å². The van der Waals surface area contributed by atoms with Gasteiger partial charge in [0.1, 0.15) is 5.60 Å². The van der Waals surface area contributed by atoms with Crippen molar-refractivity contribution in [3.8, 4) is 5.75 Å². The van der Waals surface area contributed by atoms with Crippen LogP contribution in [0.25, 0.3) is 0 Å². The van der Waals surface area contributed by atoms with Crippen molar-refractivity contribution in [3.05, 3.63) is 84.7 Å². The van der Waals surface area contributed by atoms with Crippen LogP contribution in [-0.2, 0) is 10.9 Å². The fourth-order valence-corrected chi connectivity index (χ4v) is 9.93. The fourth-order valence-electron chi connectivity index (χ4n) is 7.82. The van der Waals surface area contributed by atoms with Gasteiger partial charge in [-0.05, 0) is 92.2 Å². The molecule has 4 aliphatic rings. The lowest BCUT2D eigenvalue weighted by molar-refractivity contribution is -0.208. The summed E-state index contributed by atoms with van der Waals surface area (Å²) in [5.74, 6) is 2.92. The van der Waals surface area contributed by atoms with Crippen molar-refractivity contribution in [1.82, 2.24) is 0 Å². The van der Waals surface area contributed by atoms with E-state index in [0.29, 0.717) is 17.6 Å². The molecule has 4 saturated carbocycles. The zero-order valence-corrected chi connectivity index (χ0v) is 21.9. The van der Waals surface area contributed by atoms with Gasteiger partial charge in [0.2, 0.25) is 0 Å². The van der Waals surface area contributed by atoms with Crippen LogP contribution < -0.4 is 4.74 Å². The monoisotopic (exact) mass is 487 g/mol. The maximum absolute atomic E-state index is 15.5. The summed E-state index contributed by atoms with van der Waals surface area (Å²) in [5, 5.41) is 0. The van der Waals surface area contributed by atoms with E-state index in [1.165, 1.54) is 41.9 Å². The zero-order chi connectivity index (χ0) is 24.2. The molecule has 0 amide bonds. The Morgan fingerprint density at radius 1 is 0.714 bits per heavy atom. The molecule has 0 atom stereocenters. The Morgan fingerprint density at radius 3 is 1.71 bits per heavy atom. The van der Waals surface area contributed by atoms with Gasteiger partial charge >= 0.3 is 0 Å². The minimum atomic E-state index is -0.325. The smallest absolute Gasteiger partial charge is 0.170 e. The Bertz CT molecular complexity index is 1120. The zero-order valence-electron chi connectivity index (χ0n) is 21.0. The van der Waals surface area contributed by atoms with E-state index in [4.69, 9.17) is 4.74 Å². The lowest BCUT2D eigenvalue weighted by Crippen LogP contribution is -2.66. The van der Waals surface area contributed by atoms with Gasteiger partial charge in [-0.2, -0.15) is 0 Å². The minimum absolute atomic E-state index is 0.0569. The van der Waals surface area contributed by atoms with Crippen molar-refractivity contribution in [2.45, 2.75) is 73.2 Å². The van der Waals surface area contributed by atoms with Gasteiger partial charge < -0.3 is 4.74 Å². The van der Waals surface area contributed by atoms with Gasteiger partial charge in [0.15, 0.2) is 26.3 Å². The quantitative estimate of drug-likeness (QED) is 0.328. The van der Waals surface area contributed by atoms with Crippen LogP contribution in [0.1, 0.15) is 52.9 Å². The molecule has 4 aliphatic carbocycles. The van der Waals surface area contributed by atoms with E-state index in [1.807, 2.05) is 12.1 Å². The molecule has 0 spiro atoms. The molecule has 0 radical (unpaired) electrons. The minimum Gasteiger partial charge on any atom is -0.483 e. The molecule has 35 heavy (non-hydrogen) atoms. The van der Waals surface area contributed by atoms with Crippen LogP contribution in [0, 0.1) is 34.9 Å². The number of halogens is 1. The van der Waals surface area contributed by atoms with Crippen LogP contribution in [-0.4, -0.2) is 5.60 Å². The van der Waals surface area contributed by atoms with Gasteiger partial charge in [-0.15, -0.1) is 0 Å². The third-order valence-electron chi connectivity index (χ3n) is 8.90. The first-order chi connectivity index (χ1) is 16.8. The normalized spacial score (nSPS) is 29.5. The number of hydrogen-bond acceptors (Lipinski definition) is 1. The van der Waals surface area contributed by atoms with E-state index in [-0.39, 0.29) is 27.7 Å². The third kappa shape index (κ3) is 3.91. The average Bonchev–Trinajstić information content (AvgIpc) is 2.83.